The second-order valence-corrected chi connectivity index (χ2v) is 7.21. The maximum absolute atomic E-state index is 12.5. The van der Waals surface area contributed by atoms with Crippen molar-refractivity contribution in [3.63, 3.8) is 0 Å². The van der Waals surface area contributed by atoms with Gasteiger partial charge < -0.3 is 9.80 Å². The molecule has 2 heterocycles. The molecule has 1 aliphatic rings. The Kier molecular flexibility index (Phi) is 4.31. The average Bonchev–Trinajstić information content (AvgIpc) is 2.93. The molecule has 0 N–H and O–H groups in total. The highest BCUT2D eigenvalue weighted by molar-refractivity contribution is 7.10. The lowest BCUT2D eigenvalue weighted by molar-refractivity contribution is 0.0780. The molecule has 1 aliphatic heterocycles. The number of aryl methyl sites for hydroxylation is 1. The molecular formula is C15H24N2OS. The van der Waals surface area contributed by atoms with Crippen molar-refractivity contribution >= 4 is 17.2 Å². The van der Waals surface area contributed by atoms with Gasteiger partial charge in [-0.15, -0.1) is 11.3 Å². The fourth-order valence-corrected chi connectivity index (χ4v) is 3.59. The second-order valence-electron chi connectivity index (χ2n) is 6.09. The maximum Gasteiger partial charge on any atom is 0.254 e. The summed E-state index contributed by atoms with van der Waals surface area (Å²) in [6, 6.07) is 2.48. The summed E-state index contributed by atoms with van der Waals surface area (Å²) >= 11 is 1.65. The Morgan fingerprint density at radius 2 is 2.11 bits per heavy atom. The number of rotatable bonds is 3. The highest BCUT2D eigenvalue weighted by Gasteiger charge is 2.38. The first-order valence-corrected chi connectivity index (χ1v) is 7.79. The van der Waals surface area contributed by atoms with Crippen molar-refractivity contribution in [2.75, 3.05) is 27.2 Å². The summed E-state index contributed by atoms with van der Waals surface area (Å²) in [5.41, 5.74) is 0.851. The smallest absolute Gasteiger partial charge is 0.254 e. The van der Waals surface area contributed by atoms with Crippen molar-refractivity contribution in [1.29, 1.82) is 0 Å². The van der Waals surface area contributed by atoms with Crippen LogP contribution in [-0.4, -0.2) is 48.9 Å². The predicted molar refractivity (Wildman–Crippen MR) is 80.8 cm³/mol. The van der Waals surface area contributed by atoms with E-state index in [0.29, 0.717) is 17.9 Å². The van der Waals surface area contributed by atoms with Gasteiger partial charge in [-0.3, -0.25) is 4.79 Å². The highest BCUT2D eigenvalue weighted by atomic mass is 32.1. The summed E-state index contributed by atoms with van der Waals surface area (Å²) in [5.74, 6) is 1.37. The molecule has 2 atom stereocenters. The number of carbonyl (C=O) groups is 1. The lowest BCUT2D eigenvalue weighted by Gasteiger charge is -2.27. The Bertz CT molecular complexity index is 437. The zero-order chi connectivity index (χ0) is 14.2. The summed E-state index contributed by atoms with van der Waals surface area (Å²) < 4.78 is 0. The highest BCUT2D eigenvalue weighted by Crippen LogP contribution is 2.28. The van der Waals surface area contributed by atoms with E-state index in [-0.39, 0.29) is 5.91 Å². The fraction of sp³-hybridized carbons (Fsp3) is 0.667. The van der Waals surface area contributed by atoms with Crippen LogP contribution in [0, 0.1) is 18.8 Å². The van der Waals surface area contributed by atoms with Gasteiger partial charge >= 0.3 is 0 Å². The van der Waals surface area contributed by atoms with E-state index in [1.54, 1.807) is 11.3 Å². The Morgan fingerprint density at radius 3 is 2.53 bits per heavy atom. The van der Waals surface area contributed by atoms with E-state index in [9.17, 15) is 4.79 Å². The van der Waals surface area contributed by atoms with Crippen LogP contribution in [0.25, 0.3) is 0 Å². The quantitative estimate of drug-likeness (QED) is 0.850. The molecule has 0 aromatic carbocycles. The second kappa shape index (κ2) is 5.63. The molecule has 0 aliphatic carbocycles. The number of hydrogen-bond acceptors (Lipinski definition) is 3. The summed E-state index contributed by atoms with van der Waals surface area (Å²) in [7, 11) is 4.23. The SMILES string of the molecule is Cc1cc(C(=O)N2CC(C(C)C)C(N(C)C)C2)cs1. The molecule has 0 saturated carbocycles. The molecule has 0 radical (unpaired) electrons. The summed E-state index contributed by atoms with van der Waals surface area (Å²) in [4.78, 5) is 18.0. The minimum Gasteiger partial charge on any atom is -0.337 e. The Hall–Kier alpha value is -0.870. The molecule has 1 amide bonds. The lowest BCUT2D eigenvalue weighted by Crippen LogP contribution is -2.37. The molecule has 0 bridgehead atoms. The molecule has 2 rings (SSSR count). The summed E-state index contributed by atoms with van der Waals surface area (Å²) in [6.45, 7) is 8.29. The average molecular weight is 280 g/mol. The van der Waals surface area contributed by atoms with Gasteiger partial charge in [-0.2, -0.15) is 0 Å². The molecule has 4 heteroatoms. The van der Waals surface area contributed by atoms with Crippen LogP contribution in [0.1, 0.15) is 29.1 Å². The molecule has 3 nitrogen and oxygen atoms in total. The normalized spacial score (nSPS) is 23.6. The van der Waals surface area contributed by atoms with Gasteiger partial charge in [0.25, 0.3) is 5.91 Å². The van der Waals surface area contributed by atoms with Crippen LogP contribution < -0.4 is 0 Å². The molecule has 0 spiro atoms. The molecule has 2 unspecified atom stereocenters. The van der Waals surface area contributed by atoms with E-state index in [0.717, 1.165) is 18.7 Å². The minimum atomic E-state index is 0.194. The van der Waals surface area contributed by atoms with E-state index < -0.39 is 0 Å². The van der Waals surface area contributed by atoms with Gasteiger partial charge in [0, 0.05) is 29.4 Å². The van der Waals surface area contributed by atoms with Gasteiger partial charge in [0.15, 0.2) is 0 Å². The number of amides is 1. The molecule has 1 fully saturated rings. The van der Waals surface area contributed by atoms with Gasteiger partial charge in [-0.1, -0.05) is 13.8 Å². The van der Waals surface area contributed by atoms with E-state index >= 15 is 0 Å². The first-order chi connectivity index (χ1) is 8.90. The van der Waals surface area contributed by atoms with E-state index in [1.807, 2.05) is 23.3 Å². The van der Waals surface area contributed by atoms with Gasteiger partial charge in [0.05, 0.1) is 5.56 Å². The predicted octanol–water partition coefficient (Wildman–Crippen LogP) is 2.71. The molecule has 19 heavy (non-hydrogen) atoms. The van der Waals surface area contributed by atoms with Gasteiger partial charge in [-0.25, -0.2) is 0 Å². The first-order valence-electron chi connectivity index (χ1n) is 6.91. The third kappa shape index (κ3) is 3.00. The number of likely N-dealkylation sites (tertiary alicyclic amines) is 1. The third-order valence-electron chi connectivity index (χ3n) is 4.12. The number of nitrogens with zero attached hydrogens (tertiary/aromatic N) is 2. The van der Waals surface area contributed by atoms with Crippen LogP contribution in [-0.2, 0) is 0 Å². The number of carbonyl (C=O) groups excluding carboxylic acids is 1. The van der Waals surface area contributed by atoms with Crippen molar-refractivity contribution < 1.29 is 4.79 Å². The number of hydrogen-bond donors (Lipinski definition) is 0. The number of likely N-dealkylation sites (N-methyl/N-ethyl adjacent to an activating group) is 1. The van der Waals surface area contributed by atoms with Crippen molar-refractivity contribution in [1.82, 2.24) is 9.80 Å². The maximum atomic E-state index is 12.5. The molecular weight excluding hydrogens is 256 g/mol. The van der Waals surface area contributed by atoms with Crippen LogP contribution in [0.4, 0.5) is 0 Å². The van der Waals surface area contributed by atoms with E-state index in [4.69, 9.17) is 0 Å². The Labute approximate surface area is 120 Å². The molecule has 1 aromatic heterocycles. The zero-order valence-electron chi connectivity index (χ0n) is 12.5. The standard InChI is InChI=1S/C15H24N2OS/c1-10(2)13-7-17(8-14(13)16(4)5)15(18)12-6-11(3)19-9-12/h6,9-10,13-14H,7-8H2,1-5H3. The fourth-order valence-electron chi connectivity index (χ4n) is 2.92. The minimum absolute atomic E-state index is 0.194. The lowest BCUT2D eigenvalue weighted by atomic mass is 9.91. The van der Waals surface area contributed by atoms with Gasteiger partial charge in [0.2, 0.25) is 0 Å². The van der Waals surface area contributed by atoms with Crippen LogP contribution in [0.15, 0.2) is 11.4 Å². The van der Waals surface area contributed by atoms with Crippen LogP contribution in [0.5, 0.6) is 0 Å². The van der Waals surface area contributed by atoms with E-state index in [2.05, 4.69) is 32.8 Å². The van der Waals surface area contributed by atoms with Crippen molar-refractivity contribution in [2.24, 2.45) is 11.8 Å². The summed E-state index contributed by atoms with van der Waals surface area (Å²) in [6.07, 6.45) is 0. The van der Waals surface area contributed by atoms with Crippen molar-refractivity contribution in [3.8, 4) is 0 Å². The van der Waals surface area contributed by atoms with E-state index in [1.165, 1.54) is 4.88 Å². The molecule has 1 saturated heterocycles. The topological polar surface area (TPSA) is 23.6 Å². The van der Waals surface area contributed by atoms with Crippen LogP contribution in [0.2, 0.25) is 0 Å². The van der Waals surface area contributed by atoms with Gasteiger partial charge in [-0.05, 0) is 38.9 Å². The third-order valence-corrected chi connectivity index (χ3v) is 4.98. The van der Waals surface area contributed by atoms with Gasteiger partial charge in [0.1, 0.15) is 0 Å². The molecule has 1 aromatic rings. The van der Waals surface area contributed by atoms with Crippen LogP contribution >= 0.6 is 11.3 Å². The van der Waals surface area contributed by atoms with Crippen molar-refractivity contribution in [3.05, 3.63) is 21.9 Å². The first kappa shape index (κ1) is 14.5. The largest absolute Gasteiger partial charge is 0.337 e. The zero-order valence-corrected chi connectivity index (χ0v) is 13.3. The van der Waals surface area contributed by atoms with Crippen LogP contribution in [0.3, 0.4) is 0 Å². The summed E-state index contributed by atoms with van der Waals surface area (Å²) in [5, 5.41) is 1.98. The Balaban J connectivity index is 2.13. The Morgan fingerprint density at radius 1 is 1.42 bits per heavy atom. The number of thiophene rings is 1. The molecule has 106 valence electrons. The monoisotopic (exact) mass is 280 g/mol. The van der Waals surface area contributed by atoms with Crippen molar-refractivity contribution in [2.45, 2.75) is 26.8 Å².